The normalized spacial score (nSPS) is 14.4. The summed E-state index contributed by atoms with van der Waals surface area (Å²) >= 11 is 3.17. The zero-order chi connectivity index (χ0) is 18.0. The second-order valence-electron chi connectivity index (χ2n) is 6.09. The number of aromatic nitrogens is 2. The molecule has 8 heteroatoms. The maximum Gasteiger partial charge on any atom is 0.242 e. The lowest BCUT2D eigenvalue weighted by molar-refractivity contribution is -0.127. The van der Waals surface area contributed by atoms with Gasteiger partial charge >= 0.3 is 0 Å². The number of nitrogens with zero attached hydrogens (tertiary/aromatic N) is 2. The number of rotatable bonds is 6. The molecule has 2 N–H and O–H groups in total. The van der Waals surface area contributed by atoms with Crippen LogP contribution in [-0.2, 0) is 22.4 Å². The average Bonchev–Trinajstić information content (AvgIpc) is 3.13. The van der Waals surface area contributed by atoms with E-state index in [1.54, 1.807) is 18.3 Å². The van der Waals surface area contributed by atoms with Gasteiger partial charge in [-0.2, -0.15) is 0 Å². The van der Waals surface area contributed by atoms with Gasteiger partial charge in [0, 0.05) is 16.8 Å². The molecule has 1 aliphatic carbocycles. The molecule has 1 atom stereocenters. The van der Waals surface area contributed by atoms with Crippen LogP contribution in [0, 0.1) is 6.92 Å². The second kappa shape index (κ2) is 7.70. The van der Waals surface area contributed by atoms with Gasteiger partial charge in [0.25, 0.3) is 0 Å². The van der Waals surface area contributed by atoms with Crippen molar-refractivity contribution in [1.82, 2.24) is 20.6 Å². The molecule has 0 aliphatic heterocycles. The van der Waals surface area contributed by atoms with E-state index in [4.69, 9.17) is 0 Å². The van der Waals surface area contributed by atoms with E-state index in [9.17, 15) is 9.59 Å². The molecule has 0 radical (unpaired) electrons. The van der Waals surface area contributed by atoms with Crippen molar-refractivity contribution in [3.8, 4) is 0 Å². The number of thiophene rings is 1. The molecular weight excluding hydrogens is 356 g/mol. The van der Waals surface area contributed by atoms with Gasteiger partial charge in [-0.05, 0) is 45.6 Å². The van der Waals surface area contributed by atoms with Crippen molar-refractivity contribution in [3.63, 3.8) is 0 Å². The number of likely N-dealkylation sites (N-methyl/N-ethyl adjacent to an activating group) is 1. The first-order chi connectivity index (χ1) is 12.0. The zero-order valence-corrected chi connectivity index (χ0v) is 16.3. The van der Waals surface area contributed by atoms with Crippen molar-refractivity contribution in [1.29, 1.82) is 0 Å². The summed E-state index contributed by atoms with van der Waals surface area (Å²) < 4.78 is 0. The number of thioether (sulfide) groups is 1. The van der Waals surface area contributed by atoms with Crippen molar-refractivity contribution in [2.75, 3.05) is 12.3 Å². The average molecular weight is 379 g/mol. The van der Waals surface area contributed by atoms with Crippen molar-refractivity contribution in [2.24, 2.45) is 0 Å². The summed E-state index contributed by atoms with van der Waals surface area (Å²) in [6.07, 6.45) is 3.36. The number of aryl methyl sites for hydroxylation is 3. The first kappa shape index (κ1) is 18.1. The third-order valence-corrected chi connectivity index (χ3v) is 6.27. The highest BCUT2D eigenvalue weighted by atomic mass is 32.2. The SMILES string of the molecule is CCNC(=O)[C@@H](C)NC(=O)CSc1nc(C)nc2sc3c(c12)CCC3. The van der Waals surface area contributed by atoms with E-state index >= 15 is 0 Å². The largest absolute Gasteiger partial charge is 0.355 e. The molecule has 2 aromatic heterocycles. The van der Waals surface area contributed by atoms with Gasteiger partial charge in [0.1, 0.15) is 21.7 Å². The minimum atomic E-state index is -0.536. The standard InChI is InChI=1S/C17H22N4O2S2/c1-4-18-15(23)9(2)19-13(22)8-24-16-14-11-6-5-7-12(11)25-17(14)21-10(3)20-16/h9H,4-8H2,1-3H3,(H,18,23)(H,19,22)/t9-/m1/s1. The highest BCUT2D eigenvalue weighted by Gasteiger charge is 2.23. The summed E-state index contributed by atoms with van der Waals surface area (Å²) in [6.45, 7) is 5.97. The van der Waals surface area contributed by atoms with E-state index in [-0.39, 0.29) is 17.6 Å². The molecule has 134 valence electrons. The minimum absolute atomic E-state index is 0.167. The fraction of sp³-hybridized carbons (Fsp3) is 0.529. The Labute approximate surface area is 155 Å². The number of carbonyl (C=O) groups is 2. The van der Waals surface area contributed by atoms with Crippen LogP contribution in [0.15, 0.2) is 5.03 Å². The Morgan fingerprint density at radius 1 is 1.32 bits per heavy atom. The maximum absolute atomic E-state index is 12.2. The second-order valence-corrected chi connectivity index (χ2v) is 8.13. The molecule has 25 heavy (non-hydrogen) atoms. The maximum atomic E-state index is 12.2. The van der Waals surface area contributed by atoms with Crippen molar-refractivity contribution >= 4 is 45.1 Å². The van der Waals surface area contributed by atoms with Gasteiger partial charge in [-0.25, -0.2) is 9.97 Å². The van der Waals surface area contributed by atoms with Gasteiger partial charge in [0.15, 0.2) is 0 Å². The monoisotopic (exact) mass is 378 g/mol. The summed E-state index contributed by atoms with van der Waals surface area (Å²) in [7, 11) is 0. The summed E-state index contributed by atoms with van der Waals surface area (Å²) in [4.78, 5) is 35.4. The lowest BCUT2D eigenvalue weighted by atomic mass is 10.2. The topological polar surface area (TPSA) is 84.0 Å². The molecule has 2 aromatic rings. The van der Waals surface area contributed by atoms with Gasteiger partial charge < -0.3 is 10.6 Å². The summed E-state index contributed by atoms with van der Waals surface area (Å²) in [6, 6.07) is -0.536. The quantitative estimate of drug-likeness (QED) is 0.595. The molecule has 2 amide bonds. The smallest absolute Gasteiger partial charge is 0.242 e. The molecule has 1 aliphatic rings. The fourth-order valence-electron chi connectivity index (χ4n) is 2.98. The molecule has 6 nitrogen and oxygen atoms in total. The van der Waals surface area contributed by atoms with Crippen molar-refractivity contribution in [3.05, 3.63) is 16.3 Å². The molecule has 0 saturated carbocycles. The van der Waals surface area contributed by atoms with Crippen LogP contribution in [0.4, 0.5) is 0 Å². The predicted octanol–water partition coefficient (Wildman–Crippen LogP) is 2.22. The van der Waals surface area contributed by atoms with E-state index < -0.39 is 6.04 Å². The molecule has 0 saturated heterocycles. The Hall–Kier alpha value is -1.67. The summed E-state index contributed by atoms with van der Waals surface area (Å²) in [5.41, 5.74) is 1.36. The number of fused-ring (bicyclic) bond motifs is 3. The van der Waals surface area contributed by atoms with Crippen LogP contribution in [0.25, 0.3) is 10.2 Å². The van der Waals surface area contributed by atoms with E-state index in [1.807, 2.05) is 13.8 Å². The van der Waals surface area contributed by atoms with Gasteiger partial charge in [-0.1, -0.05) is 11.8 Å². The van der Waals surface area contributed by atoms with Crippen LogP contribution >= 0.6 is 23.1 Å². The van der Waals surface area contributed by atoms with Gasteiger partial charge in [-0.3, -0.25) is 9.59 Å². The molecular formula is C17H22N4O2S2. The van der Waals surface area contributed by atoms with E-state index in [0.717, 1.165) is 33.9 Å². The predicted molar refractivity (Wildman–Crippen MR) is 101 cm³/mol. The number of nitrogens with one attached hydrogen (secondary N) is 2. The Bertz CT molecular complexity index is 819. The molecule has 0 spiro atoms. The first-order valence-electron chi connectivity index (χ1n) is 8.48. The van der Waals surface area contributed by atoms with Crippen LogP contribution in [0.5, 0.6) is 0 Å². The molecule has 0 bridgehead atoms. The van der Waals surface area contributed by atoms with E-state index in [2.05, 4.69) is 20.6 Å². The summed E-state index contributed by atoms with van der Waals surface area (Å²) in [5.74, 6) is 0.628. The highest BCUT2D eigenvalue weighted by molar-refractivity contribution is 8.00. The Balaban J connectivity index is 1.71. The lowest BCUT2D eigenvalue weighted by Gasteiger charge is -2.13. The highest BCUT2D eigenvalue weighted by Crippen LogP contribution is 2.40. The Morgan fingerprint density at radius 2 is 2.12 bits per heavy atom. The van der Waals surface area contributed by atoms with Crippen LogP contribution in [0.2, 0.25) is 0 Å². The van der Waals surface area contributed by atoms with Crippen LogP contribution in [0.3, 0.4) is 0 Å². The van der Waals surface area contributed by atoms with E-state index in [0.29, 0.717) is 6.54 Å². The fourth-order valence-corrected chi connectivity index (χ4v) is 5.26. The number of carbonyl (C=O) groups excluding carboxylic acids is 2. The first-order valence-corrected chi connectivity index (χ1v) is 10.3. The number of hydrogen-bond acceptors (Lipinski definition) is 6. The molecule has 0 aromatic carbocycles. The molecule has 0 unspecified atom stereocenters. The van der Waals surface area contributed by atoms with Gasteiger partial charge in [-0.15, -0.1) is 11.3 Å². The molecule has 0 fully saturated rings. The number of hydrogen-bond donors (Lipinski definition) is 2. The third kappa shape index (κ3) is 3.95. The third-order valence-electron chi connectivity index (χ3n) is 4.11. The minimum Gasteiger partial charge on any atom is -0.355 e. The van der Waals surface area contributed by atoms with Gasteiger partial charge in [0.2, 0.25) is 11.8 Å². The lowest BCUT2D eigenvalue weighted by Crippen LogP contribution is -2.45. The summed E-state index contributed by atoms with van der Waals surface area (Å²) in [5, 5.41) is 7.43. The van der Waals surface area contributed by atoms with Crippen molar-refractivity contribution < 1.29 is 9.59 Å². The van der Waals surface area contributed by atoms with Gasteiger partial charge in [0.05, 0.1) is 5.75 Å². The van der Waals surface area contributed by atoms with E-state index in [1.165, 1.54) is 28.6 Å². The Morgan fingerprint density at radius 3 is 2.88 bits per heavy atom. The van der Waals surface area contributed by atoms with Crippen LogP contribution in [0.1, 0.15) is 36.5 Å². The van der Waals surface area contributed by atoms with Crippen LogP contribution in [-0.4, -0.2) is 40.1 Å². The molecule has 2 heterocycles. The molecule has 3 rings (SSSR count). The van der Waals surface area contributed by atoms with Crippen LogP contribution < -0.4 is 10.6 Å². The zero-order valence-electron chi connectivity index (χ0n) is 14.6. The number of amides is 2. The Kier molecular flexibility index (Phi) is 5.58. The van der Waals surface area contributed by atoms with Crippen molar-refractivity contribution in [2.45, 2.75) is 51.1 Å².